The Morgan fingerprint density at radius 3 is 2.54 bits per heavy atom. The minimum absolute atomic E-state index is 0.0308. The fourth-order valence-electron chi connectivity index (χ4n) is 3.59. The molecule has 0 aromatic heterocycles. The molecule has 1 unspecified atom stereocenters. The molecule has 1 aliphatic heterocycles. The quantitative estimate of drug-likeness (QED) is 0.889. The summed E-state index contributed by atoms with van der Waals surface area (Å²) in [6, 6.07) is 13.3. The molecule has 1 atom stereocenters. The van der Waals surface area contributed by atoms with Gasteiger partial charge in [0, 0.05) is 45.0 Å². The summed E-state index contributed by atoms with van der Waals surface area (Å²) in [5.74, 6) is 0.494. The topological polar surface area (TPSA) is 27.7 Å². The van der Waals surface area contributed by atoms with Crippen LogP contribution in [0.1, 0.15) is 23.6 Å². The van der Waals surface area contributed by atoms with Crippen molar-refractivity contribution in [2.45, 2.75) is 12.5 Å². The molecule has 1 N–H and O–H groups in total. The van der Waals surface area contributed by atoms with Gasteiger partial charge in [-0.3, -0.25) is 4.90 Å². The largest absolute Gasteiger partial charge is 0.496 e. The molecular formula is C21H28FN3O. The summed E-state index contributed by atoms with van der Waals surface area (Å²) < 4.78 is 19.7. The zero-order chi connectivity index (χ0) is 18.5. The van der Waals surface area contributed by atoms with Gasteiger partial charge in [-0.15, -0.1) is 0 Å². The van der Waals surface area contributed by atoms with E-state index in [0.717, 1.165) is 55.2 Å². The predicted octanol–water partition coefficient (Wildman–Crippen LogP) is 3.29. The third kappa shape index (κ3) is 4.17. The van der Waals surface area contributed by atoms with Crippen molar-refractivity contribution in [2.75, 3.05) is 52.3 Å². The lowest BCUT2D eigenvalue weighted by atomic mass is 9.95. The summed E-state index contributed by atoms with van der Waals surface area (Å²) in [7, 11) is 5.71. The van der Waals surface area contributed by atoms with E-state index in [9.17, 15) is 4.39 Å². The van der Waals surface area contributed by atoms with Gasteiger partial charge in [0.15, 0.2) is 0 Å². The van der Waals surface area contributed by atoms with Crippen LogP contribution in [0.15, 0.2) is 42.5 Å². The number of nitrogens with zero attached hydrogens (tertiary/aromatic N) is 2. The summed E-state index contributed by atoms with van der Waals surface area (Å²) in [6.45, 7) is 3.83. The van der Waals surface area contributed by atoms with Gasteiger partial charge in [-0.2, -0.15) is 0 Å². The number of benzene rings is 2. The highest BCUT2D eigenvalue weighted by Gasteiger charge is 2.26. The van der Waals surface area contributed by atoms with Gasteiger partial charge in [-0.1, -0.05) is 12.1 Å². The van der Waals surface area contributed by atoms with Gasteiger partial charge in [-0.25, -0.2) is 4.39 Å². The number of halogens is 1. The van der Waals surface area contributed by atoms with Crippen molar-refractivity contribution in [3.05, 3.63) is 59.4 Å². The van der Waals surface area contributed by atoms with Crippen LogP contribution in [0.3, 0.4) is 0 Å². The Hall–Kier alpha value is -2.11. The monoisotopic (exact) mass is 357 g/mol. The standard InChI is InChI=1S/C21H28FN3O/c1-24(2)18-8-5-16(6-9-18)21(25-13-4-11-23-12-14-25)19-15-17(22)7-10-20(19)26-3/h5-10,15,21,23H,4,11-14H2,1-3H3. The fraction of sp³-hybridized carbons (Fsp3) is 0.429. The number of methoxy groups -OCH3 is 1. The van der Waals surface area contributed by atoms with Crippen LogP contribution in [-0.4, -0.2) is 52.3 Å². The van der Waals surface area contributed by atoms with Crippen LogP contribution in [0.5, 0.6) is 5.75 Å². The SMILES string of the molecule is COc1ccc(F)cc1C(c1ccc(N(C)C)cc1)N1CCCNCC1. The van der Waals surface area contributed by atoms with Crippen LogP contribution >= 0.6 is 0 Å². The number of hydrogen-bond donors (Lipinski definition) is 1. The molecule has 0 bridgehead atoms. The van der Waals surface area contributed by atoms with Crippen molar-refractivity contribution in [2.24, 2.45) is 0 Å². The number of nitrogens with one attached hydrogen (secondary N) is 1. The molecule has 0 spiro atoms. The normalized spacial score (nSPS) is 16.8. The first kappa shape index (κ1) is 18.7. The van der Waals surface area contributed by atoms with E-state index in [0.29, 0.717) is 0 Å². The maximum absolute atomic E-state index is 14.1. The average molecular weight is 357 g/mol. The molecule has 0 amide bonds. The van der Waals surface area contributed by atoms with Crippen LogP contribution in [0, 0.1) is 5.82 Å². The Bertz CT molecular complexity index is 710. The Morgan fingerprint density at radius 1 is 1.08 bits per heavy atom. The molecule has 3 rings (SSSR count). The molecule has 1 fully saturated rings. The van der Waals surface area contributed by atoms with Crippen molar-refractivity contribution >= 4 is 5.69 Å². The first-order valence-corrected chi connectivity index (χ1v) is 9.15. The van der Waals surface area contributed by atoms with E-state index in [1.807, 2.05) is 14.1 Å². The second-order valence-corrected chi connectivity index (χ2v) is 6.91. The molecular weight excluding hydrogens is 329 g/mol. The molecule has 0 saturated carbocycles. The smallest absolute Gasteiger partial charge is 0.124 e. The molecule has 0 radical (unpaired) electrons. The van der Waals surface area contributed by atoms with Gasteiger partial charge >= 0.3 is 0 Å². The predicted molar refractivity (Wildman–Crippen MR) is 105 cm³/mol. The third-order valence-electron chi connectivity index (χ3n) is 4.95. The van der Waals surface area contributed by atoms with Gasteiger partial charge in [0.25, 0.3) is 0 Å². The molecule has 2 aromatic carbocycles. The zero-order valence-corrected chi connectivity index (χ0v) is 15.8. The first-order chi connectivity index (χ1) is 12.6. The molecule has 1 saturated heterocycles. The van der Waals surface area contributed by atoms with Gasteiger partial charge in [0.1, 0.15) is 11.6 Å². The van der Waals surface area contributed by atoms with Crippen LogP contribution in [0.2, 0.25) is 0 Å². The second kappa shape index (κ2) is 8.52. The van der Waals surface area contributed by atoms with Crippen LogP contribution < -0.4 is 15.0 Å². The van der Waals surface area contributed by atoms with E-state index >= 15 is 0 Å². The maximum atomic E-state index is 14.1. The lowest BCUT2D eigenvalue weighted by Gasteiger charge is -2.32. The molecule has 140 valence electrons. The minimum Gasteiger partial charge on any atom is -0.496 e. The van der Waals surface area contributed by atoms with Gasteiger partial charge in [0.2, 0.25) is 0 Å². The minimum atomic E-state index is -0.233. The van der Waals surface area contributed by atoms with E-state index in [-0.39, 0.29) is 11.9 Å². The zero-order valence-electron chi connectivity index (χ0n) is 15.8. The number of rotatable bonds is 5. The summed E-state index contributed by atoms with van der Waals surface area (Å²) in [5, 5.41) is 3.45. The Balaban J connectivity index is 2.05. The molecule has 4 nitrogen and oxygen atoms in total. The Labute approximate surface area is 155 Å². The van der Waals surface area contributed by atoms with Crippen molar-refractivity contribution in [3.8, 4) is 5.75 Å². The highest BCUT2D eigenvalue weighted by Crippen LogP contribution is 2.36. The Kier molecular flexibility index (Phi) is 6.12. The van der Waals surface area contributed by atoms with Crippen molar-refractivity contribution in [3.63, 3.8) is 0 Å². The number of ether oxygens (including phenoxy) is 1. The maximum Gasteiger partial charge on any atom is 0.124 e. The van der Waals surface area contributed by atoms with Crippen molar-refractivity contribution in [1.29, 1.82) is 0 Å². The van der Waals surface area contributed by atoms with Crippen molar-refractivity contribution < 1.29 is 9.13 Å². The molecule has 5 heteroatoms. The van der Waals surface area contributed by atoms with Gasteiger partial charge in [0.05, 0.1) is 13.2 Å². The molecule has 1 heterocycles. The second-order valence-electron chi connectivity index (χ2n) is 6.91. The van der Waals surface area contributed by atoms with Gasteiger partial charge < -0.3 is 15.0 Å². The first-order valence-electron chi connectivity index (χ1n) is 9.15. The van der Waals surface area contributed by atoms with E-state index < -0.39 is 0 Å². The van der Waals surface area contributed by atoms with E-state index in [2.05, 4.69) is 39.4 Å². The van der Waals surface area contributed by atoms with Crippen LogP contribution in [-0.2, 0) is 0 Å². The van der Waals surface area contributed by atoms with Crippen LogP contribution in [0.25, 0.3) is 0 Å². The highest BCUT2D eigenvalue weighted by atomic mass is 19.1. The Morgan fingerprint density at radius 2 is 1.85 bits per heavy atom. The molecule has 26 heavy (non-hydrogen) atoms. The molecule has 1 aliphatic rings. The third-order valence-corrected chi connectivity index (χ3v) is 4.95. The average Bonchev–Trinajstić information content (AvgIpc) is 2.92. The lowest BCUT2D eigenvalue weighted by Crippen LogP contribution is -2.33. The van der Waals surface area contributed by atoms with Crippen molar-refractivity contribution in [1.82, 2.24) is 10.2 Å². The summed E-state index contributed by atoms with van der Waals surface area (Å²) in [6.07, 6.45) is 1.07. The number of hydrogen-bond acceptors (Lipinski definition) is 4. The van der Waals surface area contributed by atoms with E-state index in [1.54, 1.807) is 19.2 Å². The van der Waals surface area contributed by atoms with Crippen LogP contribution in [0.4, 0.5) is 10.1 Å². The highest BCUT2D eigenvalue weighted by molar-refractivity contribution is 5.49. The fourth-order valence-corrected chi connectivity index (χ4v) is 3.59. The molecule has 2 aromatic rings. The summed E-state index contributed by atoms with van der Waals surface area (Å²) in [4.78, 5) is 4.50. The lowest BCUT2D eigenvalue weighted by molar-refractivity contribution is 0.236. The van der Waals surface area contributed by atoms with E-state index in [4.69, 9.17) is 4.74 Å². The van der Waals surface area contributed by atoms with Gasteiger partial charge in [-0.05, 0) is 48.9 Å². The summed E-state index contributed by atoms with van der Waals surface area (Å²) in [5.41, 5.74) is 3.18. The molecule has 0 aliphatic carbocycles. The number of anilines is 1. The van der Waals surface area contributed by atoms with E-state index in [1.165, 1.54) is 6.07 Å². The summed E-state index contributed by atoms with van der Waals surface area (Å²) >= 11 is 0.